The number of nitrogens with one attached hydrogen (secondary N) is 1. The smallest absolute Gasteiger partial charge is 0.0635 e. The summed E-state index contributed by atoms with van der Waals surface area (Å²) in [5, 5.41) is 3.75. The van der Waals surface area contributed by atoms with Crippen LogP contribution in [0.1, 0.15) is 90.9 Å². The minimum atomic E-state index is 0.209. The number of aliphatic imine (C=N–C) groups is 1. The largest absolute Gasteiger partial charge is 0.382 e. The highest BCUT2D eigenvalue weighted by Crippen LogP contribution is 2.46. The van der Waals surface area contributed by atoms with Crippen molar-refractivity contribution in [3.8, 4) is 0 Å². The van der Waals surface area contributed by atoms with Gasteiger partial charge in [-0.15, -0.1) is 6.58 Å². The third-order valence-electron chi connectivity index (χ3n) is 13.0. The summed E-state index contributed by atoms with van der Waals surface area (Å²) in [6, 6.07) is 0.209. The lowest BCUT2D eigenvalue weighted by atomic mass is 9.69. The Morgan fingerprint density at radius 3 is 2.52 bits per heavy atom. The third kappa shape index (κ3) is 8.41. The molecule has 0 aromatic rings. The molecule has 5 unspecified atom stereocenters. The van der Waals surface area contributed by atoms with Crippen LogP contribution < -0.4 is 5.32 Å². The van der Waals surface area contributed by atoms with Crippen LogP contribution in [-0.4, -0.2) is 11.8 Å². The van der Waals surface area contributed by atoms with Crippen molar-refractivity contribution >= 4 is 5.71 Å². The van der Waals surface area contributed by atoms with Crippen LogP contribution in [0.4, 0.5) is 0 Å². The van der Waals surface area contributed by atoms with Gasteiger partial charge in [0, 0.05) is 35.6 Å². The van der Waals surface area contributed by atoms with Crippen LogP contribution in [0.2, 0.25) is 0 Å². The van der Waals surface area contributed by atoms with Gasteiger partial charge in [0.05, 0.1) is 11.7 Å². The average Bonchev–Trinajstić information content (AvgIpc) is 3.46. The molecule has 0 aliphatic heterocycles. The van der Waals surface area contributed by atoms with E-state index in [1.807, 2.05) is 6.08 Å². The van der Waals surface area contributed by atoms with E-state index in [1.165, 1.54) is 45.4 Å². The predicted molar refractivity (Wildman–Crippen MR) is 240 cm³/mol. The molecule has 1 N–H and O–H groups in total. The van der Waals surface area contributed by atoms with Gasteiger partial charge in [-0.05, 0) is 141 Å². The first-order valence-electron chi connectivity index (χ1n) is 21.6. The van der Waals surface area contributed by atoms with Gasteiger partial charge in [0.1, 0.15) is 0 Å². The first-order chi connectivity index (χ1) is 27.6. The Balaban J connectivity index is 1.04. The molecule has 0 aromatic heterocycles. The van der Waals surface area contributed by atoms with E-state index < -0.39 is 0 Å². The molecule has 8 aliphatic carbocycles. The summed E-state index contributed by atoms with van der Waals surface area (Å²) < 4.78 is 0. The zero-order valence-corrected chi connectivity index (χ0v) is 33.7. The summed E-state index contributed by atoms with van der Waals surface area (Å²) >= 11 is 0. The molecule has 5 atom stereocenters. The summed E-state index contributed by atoms with van der Waals surface area (Å²) in [5.41, 5.74) is 17.1. The Kier molecular flexibility index (Phi) is 12.1. The number of hydrogen-bond donors (Lipinski definition) is 1. The molecule has 0 aromatic carbocycles. The maximum absolute atomic E-state index is 5.36. The number of hydrogen-bond acceptors (Lipinski definition) is 2. The van der Waals surface area contributed by atoms with E-state index in [0.717, 1.165) is 82.0 Å². The Hall–Kier alpha value is -4.95. The molecule has 2 heteroatoms. The van der Waals surface area contributed by atoms with Crippen LogP contribution >= 0.6 is 0 Å². The van der Waals surface area contributed by atoms with Crippen molar-refractivity contribution in [3.63, 3.8) is 0 Å². The Morgan fingerprint density at radius 2 is 1.73 bits per heavy atom. The fourth-order valence-corrected chi connectivity index (χ4v) is 9.93. The van der Waals surface area contributed by atoms with Gasteiger partial charge in [-0.2, -0.15) is 0 Å². The van der Waals surface area contributed by atoms with Crippen LogP contribution in [0.3, 0.4) is 0 Å². The van der Waals surface area contributed by atoms with Gasteiger partial charge in [0.2, 0.25) is 0 Å². The van der Waals surface area contributed by atoms with Crippen LogP contribution in [0, 0.1) is 23.7 Å². The molecule has 8 rings (SSSR count). The highest BCUT2D eigenvalue weighted by Gasteiger charge is 2.31. The summed E-state index contributed by atoms with van der Waals surface area (Å²) in [6.45, 7) is 8.63. The second-order valence-electron chi connectivity index (χ2n) is 16.6. The molecule has 0 amide bonds. The van der Waals surface area contributed by atoms with Crippen molar-refractivity contribution in [3.05, 3.63) is 202 Å². The lowest BCUT2D eigenvalue weighted by Crippen LogP contribution is -2.27. The van der Waals surface area contributed by atoms with Gasteiger partial charge in [-0.3, -0.25) is 4.99 Å². The minimum absolute atomic E-state index is 0.209. The lowest BCUT2D eigenvalue weighted by molar-refractivity contribution is 0.613. The summed E-state index contributed by atoms with van der Waals surface area (Å²) in [4.78, 5) is 5.36. The summed E-state index contributed by atoms with van der Waals surface area (Å²) in [6.07, 6.45) is 64.5. The molecule has 56 heavy (non-hydrogen) atoms. The van der Waals surface area contributed by atoms with Crippen molar-refractivity contribution in [2.75, 3.05) is 0 Å². The van der Waals surface area contributed by atoms with Crippen LogP contribution in [0.25, 0.3) is 0 Å². The quantitative estimate of drug-likeness (QED) is 0.166. The van der Waals surface area contributed by atoms with Gasteiger partial charge in [-0.1, -0.05) is 133 Å². The minimum Gasteiger partial charge on any atom is -0.382 e. The molecule has 286 valence electrons. The van der Waals surface area contributed by atoms with E-state index >= 15 is 0 Å². The molecular formula is C54H60N2. The van der Waals surface area contributed by atoms with E-state index in [4.69, 9.17) is 4.99 Å². The van der Waals surface area contributed by atoms with E-state index in [2.05, 4.69) is 153 Å². The van der Waals surface area contributed by atoms with E-state index in [-0.39, 0.29) is 12.0 Å². The molecular weight excluding hydrogens is 677 g/mol. The lowest BCUT2D eigenvalue weighted by Gasteiger charge is -2.35. The molecule has 0 saturated heterocycles. The van der Waals surface area contributed by atoms with Gasteiger partial charge < -0.3 is 5.32 Å². The topological polar surface area (TPSA) is 24.4 Å². The molecule has 0 heterocycles. The molecule has 8 aliphatic rings. The summed E-state index contributed by atoms with van der Waals surface area (Å²) in [5.74, 6) is 1.61. The Labute approximate surface area is 337 Å². The second kappa shape index (κ2) is 17.9. The molecule has 0 spiro atoms. The standard InChI is InChI=1S/C54H60N2/c1-4-17-52(43-19-7-5-8-20-43)55-37-53(44-21-9-6-10-22-44)56-39(3)40-28-30-41(31-29-40)48-25-13-11-18-38(2)54(48)45-34-32-42(33-35-45)51-36-46-23-12-14-24-47(46)49-26-15-16-27-50(49)51/h4,6-7,9-10,12,14-15,18-21,23-24,26,28,30,32-34,36-37,44-47,52,55H,1,5,8,11,13,16-17,22,25,27,29,31,35H2,2-3H3/b53-37+,56-39+. The highest BCUT2D eigenvalue weighted by atomic mass is 14.9. The average molecular weight is 737 g/mol. The second-order valence-corrected chi connectivity index (χ2v) is 16.6. The van der Waals surface area contributed by atoms with E-state index in [0.29, 0.717) is 17.8 Å². The molecule has 0 saturated carbocycles. The fourth-order valence-electron chi connectivity index (χ4n) is 9.93. The van der Waals surface area contributed by atoms with Gasteiger partial charge in [0.25, 0.3) is 0 Å². The van der Waals surface area contributed by atoms with Crippen molar-refractivity contribution < 1.29 is 0 Å². The maximum atomic E-state index is 5.36. The number of fused-ring (bicyclic) bond motifs is 2. The van der Waals surface area contributed by atoms with Crippen molar-refractivity contribution in [1.82, 2.24) is 5.32 Å². The van der Waals surface area contributed by atoms with Gasteiger partial charge >= 0.3 is 0 Å². The van der Waals surface area contributed by atoms with Gasteiger partial charge in [0.15, 0.2) is 0 Å². The normalized spacial score (nSPS) is 28.0. The van der Waals surface area contributed by atoms with Crippen molar-refractivity contribution in [1.29, 1.82) is 0 Å². The highest BCUT2D eigenvalue weighted by molar-refractivity contribution is 5.99. The van der Waals surface area contributed by atoms with E-state index in [9.17, 15) is 0 Å². The monoisotopic (exact) mass is 736 g/mol. The van der Waals surface area contributed by atoms with Crippen LogP contribution in [0.15, 0.2) is 207 Å². The zero-order valence-electron chi connectivity index (χ0n) is 33.7. The first-order valence-corrected chi connectivity index (χ1v) is 21.6. The maximum Gasteiger partial charge on any atom is 0.0635 e. The first kappa shape index (κ1) is 37.9. The fraction of sp³-hybridized carbons (Fsp3) is 0.352. The Bertz CT molecular complexity index is 2120. The molecule has 0 fully saturated rings. The predicted octanol–water partition coefficient (Wildman–Crippen LogP) is 13.8. The van der Waals surface area contributed by atoms with Crippen LogP contribution in [-0.2, 0) is 0 Å². The van der Waals surface area contributed by atoms with Crippen LogP contribution in [0.5, 0.6) is 0 Å². The Morgan fingerprint density at radius 1 is 0.839 bits per heavy atom. The molecule has 0 radical (unpaired) electrons. The van der Waals surface area contributed by atoms with Crippen molar-refractivity contribution in [2.45, 2.75) is 96.9 Å². The van der Waals surface area contributed by atoms with Crippen molar-refractivity contribution in [2.24, 2.45) is 28.7 Å². The molecule has 2 nitrogen and oxygen atoms in total. The SMILES string of the molecule is C=CCC(N/C=C(/N=C(\C)C1=CC=C(C2=C(C3C=CC(C4=CC5C=CC=CC5C5=C4CCC=C5)=CC3)C(C)=CCCC2)CC1)C1C=CC=CC1)C1=CCCC=C1. The zero-order chi connectivity index (χ0) is 38.3. The third-order valence-corrected chi connectivity index (χ3v) is 13.0. The van der Waals surface area contributed by atoms with Gasteiger partial charge in [-0.25, -0.2) is 0 Å². The molecule has 0 bridgehead atoms. The number of nitrogens with zero attached hydrogens (tertiary/aromatic N) is 1. The van der Waals surface area contributed by atoms with E-state index in [1.54, 1.807) is 16.7 Å². The summed E-state index contributed by atoms with van der Waals surface area (Å²) in [7, 11) is 0. The number of rotatable bonds is 11. The number of allylic oxidation sites excluding steroid dienone is 28.